The molecule has 0 saturated heterocycles. The number of ether oxygens (including phenoxy) is 1. The lowest BCUT2D eigenvalue weighted by Gasteiger charge is -2.24. The number of esters is 1. The van der Waals surface area contributed by atoms with Gasteiger partial charge >= 0.3 is 16.4 Å². The molecule has 0 aromatic heterocycles. The minimum absolute atomic E-state index is 0.304. The Morgan fingerprint density at radius 2 is 2.06 bits per heavy atom. The first-order valence-electron chi connectivity index (χ1n) is 5.07. The Bertz CT molecular complexity index is 370. The fourth-order valence-electron chi connectivity index (χ4n) is 1.18. The first kappa shape index (κ1) is 16.1. The molecule has 1 unspecified atom stereocenters. The fourth-order valence-corrected chi connectivity index (χ4v) is 1.84. The Morgan fingerprint density at radius 3 is 2.47 bits per heavy atom. The van der Waals surface area contributed by atoms with Crippen LogP contribution in [0, 0.1) is 0 Å². The molecular formula is C10H18O6S. The first-order chi connectivity index (χ1) is 7.56. The van der Waals surface area contributed by atoms with Gasteiger partial charge in [0.1, 0.15) is 0 Å². The van der Waals surface area contributed by atoms with Crippen LogP contribution in [0.3, 0.4) is 0 Å². The quantitative estimate of drug-likeness (QED) is 0.426. The van der Waals surface area contributed by atoms with Crippen LogP contribution in [0.2, 0.25) is 0 Å². The summed E-state index contributed by atoms with van der Waals surface area (Å²) in [6.07, 6.45) is 1.38. The zero-order chi connectivity index (χ0) is 13.7. The summed E-state index contributed by atoms with van der Waals surface area (Å²) in [5, 5.41) is 0. The van der Waals surface area contributed by atoms with Crippen molar-refractivity contribution in [2.75, 3.05) is 0 Å². The van der Waals surface area contributed by atoms with E-state index in [9.17, 15) is 13.2 Å². The number of carbonyl (C=O) groups excluding carboxylic acids is 1. The zero-order valence-corrected chi connectivity index (χ0v) is 11.0. The highest BCUT2D eigenvalue weighted by Crippen LogP contribution is 2.20. The van der Waals surface area contributed by atoms with Gasteiger partial charge in [0.25, 0.3) is 0 Å². The van der Waals surface area contributed by atoms with Crippen LogP contribution < -0.4 is 0 Å². The second-order valence-electron chi connectivity index (χ2n) is 4.26. The Morgan fingerprint density at radius 1 is 1.53 bits per heavy atom. The lowest BCUT2D eigenvalue weighted by atomic mass is 10.0. The molecule has 0 bridgehead atoms. The van der Waals surface area contributed by atoms with E-state index in [-0.39, 0.29) is 6.10 Å². The van der Waals surface area contributed by atoms with Gasteiger partial charge in [-0.2, -0.15) is 8.42 Å². The zero-order valence-electron chi connectivity index (χ0n) is 10.2. The van der Waals surface area contributed by atoms with Gasteiger partial charge in [0.15, 0.2) is 0 Å². The van der Waals surface area contributed by atoms with Crippen molar-refractivity contribution in [3.63, 3.8) is 0 Å². The molecule has 0 aliphatic carbocycles. The Balaban J connectivity index is 4.18. The van der Waals surface area contributed by atoms with Crippen molar-refractivity contribution in [3.8, 4) is 0 Å². The Hall–Kier alpha value is -0.920. The van der Waals surface area contributed by atoms with Crippen LogP contribution in [0.15, 0.2) is 12.7 Å². The van der Waals surface area contributed by atoms with E-state index < -0.39 is 22.0 Å². The molecular weight excluding hydrogens is 248 g/mol. The monoisotopic (exact) mass is 266 g/mol. The topological polar surface area (TPSA) is 89.9 Å². The van der Waals surface area contributed by atoms with Crippen LogP contribution in [0.4, 0.5) is 0 Å². The molecule has 6 nitrogen and oxygen atoms in total. The Kier molecular flexibility index (Phi) is 5.80. The molecule has 0 fully saturated rings. The molecule has 100 valence electrons. The predicted octanol–water partition coefficient (Wildman–Crippen LogP) is 1.48. The summed E-state index contributed by atoms with van der Waals surface area (Å²) in [7, 11) is -4.48. The predicted molar refractivity (Wildman–Crippen MR) is 61.7 cm³/mol. The van der Waals surface area contributed by atoms with Crippen molar-refractivity contribution in [3.05, 3.63) is 12.7 Å². The molecule has 17 heavy (non-hydrogen) atoms. The Labute approximate surface area is 102 Å². The maximum Gasteiger partial charge on any atom is 0.397 e. The molecule has 0 spiro atoms. The smallest absolute Gasteiger partial charge is 0.397 e. The summed E-state index contributed by atoms with van der Waals surface area (Å²) in [5.74, 6) is -0.536. The van der Waals surface area contributed by atoms with Gasteiger partial charge < -0.3 is 4.74 Å². The third-order valence-electron chi connectivity index (χ3n) is 1.97. The number of carbonyl (C=O) groups is 1. The highest BCUT2D eigenvalue weighted by Gasteiger charge is 2.26. The summed E-state index contributed by atoms with van der Waals surface area (Å²) in [5.41, 5.74) is -1.05. The second-order valence-corrected chi connectivity index (χ2v) is 5.28. The van der Waals surface area contributed by atoms with Crippen molar-refractivity contribution in [1.82, 2.24) is 0 Å². The number of hydrogen-bond acceptors (Lipinski definition) is 5. The summed E-state index contributed by atoms with van der Waals surface area (Å²) < 4.78 is 39.0. The molecule has 0 aliphatic rings. The molecule has 0 heterocycles. The van der Waals surface area contributed by atoms with Crippen LogP contribution in [0.25, 0.3) is 0 Å². The van der Waals surface area contributed by atoms with Crippen LogP contribution >= 0.6 is 0 Å². The normalized spacial score (nSPS) is 14.1. The molecule has 0 aliphatic heterocycles. The van der Waals surface area contributed by atoms with Crippen LogP contribution in [-0.4, -0.2) is 30.6 Å². The van der Waals surface area contributed by atoms with E-state index in [2.05, 4.69) is 10.8 Å². The van der Waals surface area contributed by atoms with Gasteiger partial charge in [-0.15, -0.1) is 0 Å². The maximum absolute atomic E-state index is 10.9. The van der Waals surface area contributed by atoms with Gasteiger partial charge in [0.2, 0.25) is 0 Å². The van der Waals surface area contributed by atoms with Gasteiger partial charge in [-0.1, -0.05) is 6.58 Å². The van der Waals surface area contributed by atoms with Crippen molar-refractivity contribution >= 4 is 16.4 Å². The van der Waals surface area contributed by atoms with Crippen molar-refractivity contribution < 1.29 is 26.7 Å². The molecule has 7 heteroatoms. The van der Waals surface area contributed by atoms with E-state index >= 15 is 0 Å². The van der Waals surface area contributed by atoms with Gasteiger partial charge in [0, 0.05) is 6.08 Å². The third kappa shape index (κ3) is 8.84. The average molecular weight is 266 g/mol. The minimum Gasteiger partial charge on any atom is -0.460 e. The molecule has 0 saturated carbocycles. The summed E-state index contributed by atoms with van der Waals surface area (Å²) in [6, 6.07) is 0. The molecule has 1 atom stereocenters. The average Bonchev–Trinajstić information content (AvgIpc) is 2.11. The van der Waals surface area contributed by atoms with Crippen LogP contribution in [0.1, 0.15) is 33.6 Å². The van der Waals surface area contributed by atoms with E-state index in [0.29, 0.717) is 12.8 Å². The van der Waals surface area contributed by atoms with Crippen molar-refractivity contribution in [1.29, 1.82) is 0 Å². The highest BCUT2D eigenvalue weighted by molar-refractivity contribution is 7.80. The van der Waals surface area contributed by atoms with E-state index in [4.69, 9.17) is 9.29 Å². The third-order valence-corrected chi connectivity index (χ3v) is 2.63. The number of rotatable bonds is 7. The maximum atomic E-state index is 10.9. The molecule has 1 N–H and O–H groups in total. The first-order valence-corrected chi connectivity index (χ1v) is 6.43. The SMILES string of the molecule is C=CC(=O)OC(C)CCC(C)(C)OS(=O)(=O)O. The van der Waals surface area contributed by atoms with Gasteiger partial charge in [-0.05, 0) is 33.6 Å². The minimum atomic E-state index is -4.48. The van der Waals surface area contributed by atoms with E-state index in [1.54, 1.807) is 6.92 Å². The van der Waals surface area contributed by atoms with Crippen LogP contribution in [-0.2, 0) is 24.1 Å². The van der Waals surface area contributed by atoms with E-state index in [0.717, 1.165) is 6.08 Å². The standard InChI is InChI=1S/C10H18O6S/c1-5-9(11)15-8(2)6-7-10(3,4)16-17(12,13)14/h5,8H,1,6-7H2,2-4H3,(H,12,13,14). The van der Waals surface area contributed by atoms with E-state index in [1.165, 1.54) is 13.8 Å². The lowest BCUT2D eigenvalue weighted by Crippen LogP contribution is -2.29. The van der Waals surface area contributed by atoms with Crippen molar-refractivity contribution in [2.24, 2.45) is 0 Å². The van der Waals surface area contributed by atoms with Crippen molar-refractivity contribution in [2.45, 2.75) is 45.3 Å². The van der Waals surface area contributed by atoms with Gasteiger partial charge in [-0.3, -0.25) is 4.55 Å². The summed E-state index contributed by atoms with van der Waals surface area (Å²) in [4.78, 5) is 10.9. The van der Waals surface area contributed by atoms with E-state index in [1.807, 2.05) is 0 Å². The van der Waals surface area contributed by atoms with Crippen LogP contribution in [0.5, 0.6) is 0 Å². The largest absolute Gasteiger partial charge is 0.460 e. The molecule has 0 aromatic rings. The highest BCUT2D eigenvalue weighted by atomic mass is 32.3. The molecule has 0 radical (unpaired) electrons. The summed E-state index contributed by atoms with van der Waals surface area (Å²) >= 11 is 0. The molecule has 0 rings (SSSR count). The second kappa shape index (κ2) is 6.13. The fraction of sp³-hybridized carbons (Fsp3) is 0.700. The van der Waals surface area contributed by atoms with Gasteiger partial charge in [0.05, 0.1) is 11.7 Å². The molecule has 0 amide bonds. The molecule has 0 aromatic carbocycles. The van der Waals surface area contributed by atoms with Gasteiger partial charge in [-0.25, -0.2) is 8.98 Å². The summed E-state index contributed by atoms with van der Waals surface area (Å²) in [6.45, 7) is 7.96. The number of hydrogen-bond donors (Lipinski definition) is 1. The lowest BCUT2D eigenvalue weighted by molar-refractivity contribution is -0.142.